The molecule has 114 valence electrons. The van der Waals surface area contributed by atoms with Crippen LogP contribution in [0, 0.1) is 6.92 Å². The average molecular weight is 361 g/mol. The van der Waals surface area contributed by atoms with Gasteiger partial charge in [-0.25, -0.2) is 4.57 Å². The van der Waals surface area contributed by atoms with Crippen LogP contribution in [0.1, 0.15) is 32.7 Å². The summed E-state index contributed by atoms with van der Waals surface area (Å²) in [6, 6.07) is 11.1. The van der Waals surface area contributed by atoms with E-state index in [1.54, 1.807) is 24.3 Å². The first kappa shape index (κ1) is 16.4. The molecule has 1 aromatic heterocycles. The number of hydrogen-bond donors (Lipinski definition) is 0. The van der Waals surface area contributed by atoms with E-state index in [0.717, 1.165) is 13.0 Å². The Kier molecular flexibility index (Phi) is 5.08. The molecule has 0 N–H and O–H groups in total. The molecular formula is C17H17BrN2O2. The van der Waals surface area contributed by atoms with Crippen LogP contribution in [0.15, 0.2) is 48.8 Å². The monoisotopic (exact) mass is 360 g/mol. The lowest BCUT2D eigenvalue weighted by Gasteiger charge is -2.12. The van der Waals surface area contributed by atoms with Gasteiger partial charge in [-0.1, -0.05) is 12.1 Å². The third-order valence-electron chi connectivity index (χ3n) is 3.73. The first-order valence-corrected chi connectivity index (χ1v) is 7.08. The number of pyridine rings is 1. The van der Waals surface area contributed by atoms with Gasteiger partial charge in [0.15, 0.2) is 12.4 Å². The van der Waals surface area contributed by atoms with Crippen molar-refractivity contribution in [3.05, 3.63) is 65.5 Å². The lowest BCUT2D eigenvalue weighted by atomic mass is 10.1. The van der Waals surface area contributed by atoms with E-state index in [9.17, 15) is 9.59 Å². The Morgan fingerprint density at radius 2 is 1.50 bits per heavy atom. The quantitative estimate of drug-likeness (QED) is 0.517. The maximum Gasteiger partial charge on any atom is 0.261 e. The summed E-state index contributed by atoms with van der Waals surface area (Å²) < 4.78 is 2.06. The van der Waals surface area contributed by atoms with Crippen LogP contribution in [0.2, 0.25) is 0 Å². The molecule has 5 heteroatoms. The third kappa shape index (κ3) is 3.09. The maximum absolute atomic E-state index is 12.2. The molecule has 0 atom stereocenters. The van der Waals surface area contributed by atoms with Crippen LogP contribution in [0.25, 0.3) is 0 Å². The summed E-state index contributed by atoms with van der Waals surface area (Å²) in [4.78, 5) is 25.7. The molecule has 0 unspecified atom stereocenters. The zero-order chi connectivity index (χ0) is 14.8. The molecule has 0 radical (unpaired) electrons. The highest BCUT2D eigenvalue weighted by Gasteiger charge is 2.34. The number of fused-ring (bicyclic) bond motifs is 1. The number of imide groups is 1. The molecule has 1 aromatic carbocycles. The zero-order valence-electron chi connectivity index (χ0n) is 12.3. The normalized spacial score (nSPS) is 13.0. The van der Waals surface area contributed by atoms with Gasteiger partial charge in [0.1, 0.15) is 6.54 Å². The van der Waals surface area contributed by atoms with Crippen molar-refractivity contribution >= 4 is 11.8 Å². The molecule has 0 spiro atoms. The summed E-state index contributed by atoms with van der Waals surface area (Å²) in [5.41, 5.74) is 2.25. The largest absolute Gasteiger partial charge is 1.00 e. The number of hydrogen-bond acceptors (Lipinski definition) is 2. The van der Waals surface area contributed by atoms with Gasteiger partial charge in [-0.15, -0.1) is 0 Å². The van der Waals surface area contributed by atoms with E-state index in [0.29, 0.717) is 17.7 Å². The molecule has 22 heavy (non-hydrogen) atoms. The van der Waals surface area contributed by atoms with Crippen molar-refractivity contribution in [1.82, 2.24) is 4.90 Å². The second-order valence-corrected chi connectivity index (χ2v) is 5.27. The summed E-state index contributed by atoms with van der Waals surface area (Å²) >= 11 is 0. The van der Waals surface area contributed by atoms with Crippen molar-refractivity contribution in [2.24, 2.45) is 0 Å². The van der Waals surface area contributed by atoms with Crippen LogP contribution >= 0.6 is 0 Å². The molecule has 2 aromatic rings. The molecule has 3 rings (SSSR count). The van der Waals surface area contributed by atoms with Gasteiger partial charge in [0, 0.05) is 25.1 Å². The number of nitrogens with zero attached hydrogens (tertiary/aromatic N) is 2. The van der Waals surface area contributed by atoms with E-state index < -0.39 is 0 Å². The molecule has 2 heterocycles. The van der Waals surface area contributed by atoms with E-state index in [-0.39, 0.29) is 28.8 Å². The Balaban J connectivity index is 0.00000176. The molecule has 0 bridgehead atoms. The minimum absolute atomic E-state index is 0. The fraction of sp³-hybridized carbons (Fsp3) is 0.235. The Morgan fingerprint density at radius 3 is 2.05 bits per heavy atom. The van der Waals surface area contributed by atoms with Crippen molar-refractivity contribution in [3.8, 4) is 0 Å². The van der Waals surface area contributed by atoms with Gasteiger partial charge in [-0.3, -0.25) is 14.5 Å². The predicted octanol–water partition coefficient (Wildman–Crippen LogP) is -1.03. The highest BCUT2D eigenvalue weighted by molar-refractivity contribution is 6.21. The minimum Gasteiger partial charge on any atom is -1.00 e. The Labute approximate surface area is 140 Å². The summed E-state index contributed by atoms with van der Waals surface area (Å²) in [5.74, 6) is -0.353. The summed E-state index contributed by atoms with van der Waals surface area (Å²) in [6.45, 7) is 3.28. The summed E-state index contributed by atoms with van der Waals surface area (Å²) in [5, 5.41) is 0. The van der Waals surface area contributed by atoms with Crippen LogP contribution in [0.5, 0.6) is 0 Å². The van der Waals surface area contributed by atoms with E-state index in [1.165, 1.54) is 10.5 Å². The highest BCUT2D eigenvalue weighted by Crippen LogP contribution is 2.22. The van der Waals surface area contributed by atoms with Crippen LogP contribution in [-0.4, -0.2) is 23.3 Å². The Morgan fingerprint density at radius 1 is 0.955 bits per heavy atom. The van der Waals surface area contributed by atoms with Crippen molar-refractivity contribution in [2.45, 2.75) is 19.9 Å². The average Bonchev–Trinajstić information content (AvgIpc) is 2.75. The predicted molar refractivity (Wildman–Crippen MR) is 77.8 cm³/mol. The van der Waals surface area contributed by atoms with Crippen LogP contribution in [-0.2, 0) is 6.54 Å². The van der Waals surface area contributed by atoms with Gasteiger partial charge in [-0.05, 0) is 24.6 Å². The fourth-order valence-electron chi connectivity index (χ4n) is 2.53. The van der Waals surface area contributed by atoms with Gasteiger partial charge in [0.25, 0.3) is 11.8 Å². The topological polar surface area (TPSA) is 41.3 Å². The van der Waals surface area contributed by atoms with Crippen molar-refractivity contribution < 1.29 is 31.1 Å². The molecule has 0 fully saturated rings. The van der Waals surface area contributed by atoms with Crippen LogP contribution < -0.4 is 21.5 Å². The number of rotatable bonds is 4. The Bertz CT molecular complexity index is 663. The zero-order valence-corrected chi connectivity index (χ0v) is 13.9. The Hall–Kier alpha value is -2.01. The lowest BCUT2D eigenvalue weighted by molar-refractivity contribution is -0.697. The number of benzene rings is 1. The first-order valence-electron chi connectivity index (χ1n) is 7.08. The fourth-order valence-corrected chi connectivity index (χ4v) is 2.53. The van der Waals surface area contributed by atoms with E-state index in [2.05, 4.69) is 4.57 Å². The minimum atomic E-state index is -0.176. The van der Waals surface area contributed by atoms with Crippen LogP contribution in [0.3, 0.4) is 0 Å². The van der Waals surface area contributed by atoms with Crippen LogP contribution in [0.4, 0.5) is 0 Å². The van der Waals surface area contributed by atoms with Gasteiger partial charge in [0.05, 0.1) is 11.1 Å². The van der Waals surface area contributed by atoms with Crippen molar-refractivity contribution in [1.29, 1.82) is 0 Å². The number of aromatic nitrogens is 1. The summed E-state index contributed by atoms with van der Waals surface area (Å²) in [6.07, 6.45) is 4.77. The molecular weight excluding hydrogens is 344 g/mol. The number of halogens is 1. The molecule has 0 aliphatic carbocycles. The van der Waals surface area contributed by atoms with Crippen molar-refractivity contribution in [2.75, 3.05) is 6.54 Å². The number of amides is 2. The lowest BCUT2D eigenvalue weighted by Crippen LogP contribution is -3.00. The summed E-state index contributed by atoms with van der Waals surface area (Å²) in [7, 11) is 0. The van der Waals surface area contributed by atoms with Gasteiger partial charge in [-0.2, -0.15) is 0 Å². The second-order valence-electron chi connectivity index (χ2n) is 5.27. The second kappa shape index (κ2) is 6.83. The smallest absolute Gasteiger partial charge is 0.261 e. The number of aryl methyl sites for hydroxylation is 2. The van der Waals surface area contributed by atoms with Gasteiger partial charge < -0.3 is 17.0 Å². The standard InChI is InChI=1S/C17H17N2O2.BrH/c1-13-7-11-18(12-8-13)9-4-10-19-16(20)14-5-2-3-6-15(14)17(19)21;/h2-3,5-8,11-12H,4,9-10H2,1H3;1H/q+1;/p-1. The molecule has 0 saturated carbocycles. The first-order chi connectivity index (χ1) is 10.2. The molecule has 1 aliphatic heterocycles. The van der Waals surface area contributed by atoms with Gasteiger partial charge in [0.2, 0.25) is 0 Å². The number of carbonyl (C=O) groups excluding carboxylic acids is 2. The highest BCUT2D eigenvalue weighted by atomic mass is 79.9. The van der Waals surface area contributed by atoms with E-state index in [1.807, 2.05) is 31.5 Å². The van der Waals surface area contributed by atoms with Crippen molar-refractivity contribution in [3.63, 3.8) is 0 Å². The third-order valence-corrected chi connectivity index (χ3v) is 3.73. The molecule has 1 aliphatic rings. The SMILES string of the molecule is Cc1cc[n+](CCCN2C(=O)c3ccccc3C2=O)cc1.[Br-]. The number of carbonyl (C=O) groups is 2. The molecule has 0 saturated heterocycles. The van der Waals surface area contributed by atoms with Gasteiger partial charge >= 0.3 is 0 Å². The molecule has 2 amide bonds. The maximum atomic E-state index is 12.2. The van der Waals surface area contributed by atoms with E-state index in [4.69, 9.17) is 0 Å². The van der Waals surface area contributed by atoms with E-state index >= 15 is 0 Å². The molecule has 4 nitrogen and oxygen atoms in total.